The molecule has 0 spiro atoms. The Kier molecular flexibility index (Phi) is 4.32. The average Bonchev–Trinajstić information content (AvgIpc) is 2.90. The highest BCUT2D eigenvalue weighted by Gasteiger charge is 2.67. The van der Waals surface area contributed by atoms with Gasteiger partial charge in [-0.15, -0.1) is 0 Å². The number of aliphatic hydroxyl groups excluding tert-OH is 1. The van der Waals surface area contributed by atoms with Crippen LogP contribution in [0.15, 0.2) is 23.3 Å². The van der Waals surface area contributed by atoms with Crippen molar-refractivity contribution in [2.75, 3.05) is 6.61 Å². The lowest BCUT2D eigenvalue weighted by Gasteiger charge is -2.54. The summed E-state index contributed by atoms with van der Waals surface area (Å²) in [7, 11) is 0. The van der Waals surface area contributed by atoms with E-state index in [1.807, 2.05) is 13.0 Å². The summed E-state index contributed by atoms with van der Waals surface area (Å²) >= 11 is 0. The van der Waals surface area contributed by atoms with E-state index in [1.165, 1.54) is 11.1 Å². The van der Waals surface area contributed by atoms with Crippen LogP contribution in [-0.2, 0) is 9.59 Å². The van der Waals surface area contributed by atoms with Crippen LogP contribution in [0.3, 0.4) is 0 Å². The third kappa shape index (κ3) is 2.29. The van der Waals surface area contributed by atoms with Crippen molar-refractivity contribution < 1.29 is 19.8 Å². The summed E-state index contributed by atoms with van der Waals surface area (Å²) in [6, 6.07) is 0. The minimum Gasteiger partial charge on any atom is -0.388 e. The van der Waals surface area contributed by atoms with Gasteiger partial charge in [0.15, 0.2) is 11.6 Å². The Labute approximate surface area is 161 Å². The standard InChI is InChI=1S/C23H32O4/c1-4-14-12-19-17-6-5-15-11-16(25)7-9-21(15,2)18(17)8-10-22(19,3)23(14,27)20(26)13-24/h8,11,14,17,19,24,27H,4-7,9-10,12-13H2,1-3H3/t14-,17?,19?,21-,22-,23-/m0/s1. The van der Waals surface area contributed by atoms with Gasteiger partial charge < -0.3 is 10.2 Å². The molecule has 4 nitrogen and oxygen atoms in total. The van der Waals surface area contributed by atoms with E-state index in [4.69, 9.17) is 0 Å². The maximum Gasteiger partial charge on any atom is 0.190 e. The van der Waals surface area contributed by atoms with Gasteiger partial charge in [0.1, 0.15) is 12.2 Å². The minimum atomic E-state index is -1.44. The predicted molar refractivity (Wildman–Crippen MR) is 103 cm³/mol. The van der Waals surface area contributed by atoms with E-state index in [1.54, 1.807) is 0 Å². The third-order valence-corrected chi connectivity index (χ3v) is 8.79. The Balaban J connectivity index is 1.78. The Morgan fingerprint density at radius 1 is 1.30 bits per heavy atom. The second-order valence-corrected chi connectivity index (χ2v) is 9.69. The molecule has 0 saturated heterocycles. The molecule has 0 radical (unpaired) electrons. The summed E-state index contributed by atoms with van der Waals surface area (Å²) in [6.07, 6.45) is 9.80. The number of carbonyl (C=O) groups is 2. The van der Waals surface area contributed by atoms with Crippen LogP contribution in [0.2, 0.25) is 0 Å². The van der Waals surface area contributed by atoms with Gasteiger partial charge in [0, 0.05) is 17.3 Å². The number of carbonyl (C=O) groups excluding carboxylic acids is 2. The molecule has 0 heterocycles. The van der Waals surface area contributed by atoms with Gasteiger partial charge in [0.2, 0.25) is 0 Å². The van der Waals surface area contributed by atoms with Gasteiger partial charge in [0.05, 0.1) is 0 Å². The van der Waals surface area contributed by atoms with Crippen molar-refractivity contribution in [1.29, 1.82) is 0 Å². The zero-order valence-corrected chi connectivity index (χ0v) is 16.8. The molecule has 0 aliphatic heterocycles. The van der Waals surface area contributed by atoms with Crippen molar-refractivity contribution in [3.63, 3.8) is 0 Å². The topological polar surface area (TPSA) is 74.6 Å². The number of allylic oxidation sites excluding steroid dienone is 4. The van der Waals surface area contributed by atoms with Crippen LogP contribution in [0, 0.1) is 28.6 Å². The van der Waals surface area contributed by atoms with Crippen molar-refractivity contribution in [2.24, 2.45) is 28.6 Å². The molecule has 4 rings (SSSR count). The minimum absolute atomic E-state index is 0.0401. The van der Waals surface area contributed by atoms with E-state index >= 15 is 0 Å². The molecular formula is C23H32O4. The molecule has 4 aliphatic rings. The molecule has 27 heavy (non-hydrogen) atoms. The van der Waals surface area contributed by atoms with E-state index in [2.05, 4.69) is 19.9 Å². The van der Waals surface area contributed by atoms with Crippen LogP contribution in [0.5, 0.6) is 0 Å². The van der Waals surface area contributed by atoms with E-state index in [9.17, 15) is 19.8 Å². The molecule has 2 N–H and O–H groups in total. The van der Waals surface area contributed by atoms with Crippen molar-refractivity contribution in [2.45, 2.75) is 71.3 Å². The molecule has 0 aromatic heterocycles. The molecule has 6 atom stereocenters. The Hall–Kier alpha value is -1.26. The maximum absolute atomic E-state index is 12.7. The van der Waals surface area contributed by atoms with Crippen LogP contribution in [-0.4, -0.2) is 34.0 Å². The molecule has 2 fully saturated rings. The smallest absolute Gasteiger partial charge is 0.190 e. The molecule has 0 aromatic carbocycles. The number of Topliss-reactive ketones (excluding diaryl/α,β-unsaturated/α-hetero) is 1. The Morgan fingerprint density at radius 2 is 2.04 bits per heavy atom. The number of aliphatic hydroxyl groups is 2. The van der Waals surface area contributed by atoms with Crippen LogP contribution in [0.1, 0.15) is 65.7 Å². The van der Waals surface area contributed by atoms with Crippen LogP contribution < -0.4 is 0 Å². The fraction of sp³-hybridized carbons (Fsp3) is 0.739. The van der Waals surface area contributed by atoms with Gasteiger partial charge in [-0.1, -0.05) is 44.4 Å². The lowest BCUT2D eigenvalue weighted by atomic mass is 9.50. The predicted octanol–water partition coefficient (Wildman–Crippen LogP) is 3.37. The van der Waals surface area contributed by atoms with E-state index in [-0.39, 0.29) is 23.0 Å². The molecule has 4 heteroatoms. The highest BCUT2D eigenvalue weighted by atomic mass is 16.3. The lowest BCUT2D eigenvalue weighted by molar-refractivity contribution is -0.162. The van der Waals surface area contributed by atoms with Crippen LogP contribution >= 0.6 is 0 Å². The first kappa shape index (κ1) is 19.1. The second-order valence-electron chi connectivity index (χ2n) is 9.69. The van der Waals surface area contributed by atoms with Crippen LogP contribution in [0.25, 0.3) is 0 Å². The van der Waals surface area contributed by atoms with Gasteiger partial charge in [0.25, 0.3) is 0 Å². The number of fused-ring (bicyclic) bond motifs is 5. The Morgan fingerprint density at radius 3 is 2.70 bits per heavy atom. The Bertz CT molecular complexity index is 749. The molecule has 0 amide bonds. The monoisotopic (exact) mass is 372 g/mol. The molecule has 4 aliphatic carbocycles. The van der Waals surface area contributed by atoms with Crippen molar-refractivity contribution in [1.82, 2.24) is 0 Å². The summed E-state index contributed by atoms with van der Waals surface area (Å²) in [5, 5.41) is 21.2. The molecule has 0 bridgehead atoms. The van der Waals surface area contributed by atoms with Gasteiger partial charge >= 0.3 is 0 Å². The number of hydrogen-bond donors (Lipinski definition) is 2. The van der Waals surface area contributed by atoms with Gasteiger partial charge in [-0.25, -0.2) is 0 Å². The second kappa shape index (κ2) is 6.12. The SMILES string of the molecule is CC[C@H]1CC2C3CCC4=CC(=O)CC[C@]4(C)C3=CC[C@]2(C)[C@@]1(O)C(=O)CO. The summed E-state index contributed by atoms with van der Waals surface area (Å²) < 4.78 is 0. The highest BCUT2D eigenvalue weighted by Crippen LogP contribution is 2.67. The number of hydrogen-bond acceptors (Lipinski definition) is 4. The van der Waals surface area contributed by atoms with E-state index in [0.717, 1.165) is 32.1 Å². The van der Waals surface area contributed by atoms with Crippen LogP contribution in [0.4, 0.5) is 0 Å². The van der Waals surface area contributed by atoms with E-state index < -0.39 is 23.4 Å². The van der Waals surface area contributed by atoms with Gasteiger partial charge in [-0.3, -0.25) is 9.59 Å². The zero-order chi connectivity index (χ0) is 19.6. The molecule has 2 unspecified atom stereocenters. The average molecular weight is 373 g/mol. The fourth-order valence-corrected chi connectivity index (χ4v) is 7.16. The normalized spacial score (nSPS) is 46.1. The lowest BCUT2D eigenvalue weighted by Crippen LogP contribution is -2.57. The molecule has 148 valence electrons. The van der Waals surface area contributed by atoms with E-state index in [0.29, 0.717) is 18.8 Å². The summed E-state index contributed by atoms with van der Waals surface area (Å²) in [6.45, 7) is 5.78. The van der Waals surface area contributed by atoms with Crippen molar-refractivity contribution >= 4 is 11.6 Å². The quantitative estimate of drug-likeness (QED) is 0.745. The van der Waals surface area contributed by atoms with Crippen molar-refractivity contribution in [3.8, 4) is 0 Å². The van der Waals surface area contributed by atoms with Gasteiger partial charge in [-0.2, -0.15) is 0 Å². The largest absolute Gasteiger partial charge is 0.388 e. The highest BCUT2D eigenvalue weighted by molar-refractivity contribution is 5.92. The summed E-state index contributed by atoms with van der Waals surface area (Å²) in [5.41, 5.74) is 0.704. The number of rotatable bonds is 3. The first-order valence-electron chi connectivity index (χ1n) is 10.5. The zero-order valence-electron chi connectivity index (χ0n) is 16.8. The molecule has 0 aromatic rings. The number of ketones is 2. The molecule has 2 saturated carbocycles. The first-order chi connectivity index (χ1) is 12.7. The summed E-state index contributed by atoms with van der Waals surface area (Å²) in [4.78, 5) is 24.6. The third-order valence-electron chi connectivity index (χ3n) is 8.79. The van der Waals surface area contributed by atoms with Gasteiger partial charge in [-0.05, 0) is 55.9 Å². The molecular weight excluding hydrogens is 340 g/mol. The first-order valence-corrected chi connectivity index (χ1v) is 10.5. The fourth-order valence-electron chi connectivity index (χ4n) is 7.16. The maximum atomic E-state index is 12.7. The van der Waals surface area contributed by atoms with Crippen molar-refractivity contribution in [3.05, 3.63) is 23.3 Å². The summed E-state index contributed by atoms with van der Waals surface area (Å²) in [5.74, 6) is 0.337.